The SMILES string of the molecule is CC1CC=CC2(C)CCC3C(C)(C)CC132. The molecule has 0 amide bonds. The summed E-state index contributed by atoms with van der Waals surface area (Å²) in [5, 5.41) is 0. The molecule has 0 bridgehead atoms. The Labute approximate surface area is 94.1 Å². The molecule has 0 heterocycles. The summed E-state index contributed by atoms with van der Waals surface area (Å²) in [7, 11) is 0. The van der Waals surface area contributed by atoms with Crippen LogP contribution in [0.3, 0.4) is 0 Å². The lowest BCUT2D eigenvalue weighted by Crippen LogP contribution is -2.60. The monoisotopic (exact) mass is 204 g/mol. The van der Waals surface area contributed by atoms with Crippen LogP contribution in [0.2, 0.25) is 0 Å². The van der Waals surface area contributed by atoms with Gasteiger partial charge < -0.3 is 0 Å². The minimum Gasteiger partial charge on any atom is -0.0877 e. The van der Waals surface area contributed by atoms with Crippen molar-refractivity contribution in [3.8, 4) is 0 Å². The molecule has 0 aromatic heterocycles. The van der Waals surface area contributed by atoms with E-state index in [2.05, 4.69) is 39.8 Å². The molecule has 3 aliphatic carbocycles. The topological polar surface area (TPSA) is 0 Å². The lowest BCUT2D eigenvalue weighted by atomic mass is 9.38. The molecule has 0 N–H and O–H groups in total. The van der Waals surface area contributed by atoms with Crippen LogP contribution in [0.1, 0.15) is 53.4 Å². The fourth-order valence-corrected chi connectivity index (χ4v) is 5.55. The summed E-state index contributed by atoms with van der Waals surface area (Å²) in [6.07, 6.45) is 10.7. The third kappa shape index (κ3) is 0.905. The zero-order valence-corrected chi connectivity index (χ0v) is 10.6. The molecule has 2 fully saturated rings. The maximum Gasteiger partial charge on any atom is -0.00843 e. The van der Waals surface area contributed by atoms with Gasteiger partial charge in [-0.1, -0.05) is 39.8 Å². The molecule has 0 aromatic carbocycles. The van der Waals surface area contributed by atoms with E-state index >= 15 is 0 Å². The van der Waals surface area contributed by atoms with Gasteiger partial charge in [0.05, 0.1) is 0 Å². The summed E-state index contributed by atoms with van der Waals surface area (Å²) in [5.41, 5.74) is 1.83. The van der Waals surface area contributed by atoms with Gasteiger partial charge in [0.25, 0.3) is 0 Å². The van der Waals surface area contributed by atoms with Crippen molar-refractivity contribution in [1.29, 1.82) is 0 Å². The normalized spacial score (nSPS) is 55.7. The van der Waals surface area contributed by atoms with Crippen molar-refractivity contribution in [3.05, 3.63) is 12.2 Å². The van der Waals surface area contributed by atoms with Gasteiger partial charge in [-0.3, -0.25) is 0 Å². The zero-order valence-electron chi connectivity index (χ0n) is 10.6. The second-order valence-corrected chi connectivity index (χ2v) is 7.25. The quantitative estimate of drug-likeness (QED) is 0.513. The van der Waals surface area contributed by atoms with Gasteiger partial charge in [0, 0.05) is 0 Å². The van der Waals surface area contributed by atoms with E-state index in [1.165, 1.54) is 25.7 Å². The van der Waals surface area contributed by atoms with E-state index in [1.54, 1.807) is 0 Å². The van der Waals surface area contributed by atoms with Gasteiger partial charge in [-0.15, -0.1) is 0 Å². The van der Waals surface area contributed by atoms with Crippen LogP contribution < -0.4 is 0 Å². The van der Waals surface area contributed by atoms with Crippen molar-refractivity contribution in [2.24, 2.45) is 28.1 Å². The highest BCUT2D eigenvalue weighted by molar-refractivity contribution is 5.26. The smallest absolute Gasteiger partial charge is 0.00843 e. The van der Waals surface area contributed by atoms with Crippen LogP contribution in [0.15, 0.2) is 12.2 Å². The number of hydrogen-bond donors (Lipinski definition) is 0. The summed E-state index contributed by atoms with van der Waals surface area (Å²) in [5.74, 6) is 1.91. The van der Waals surface area contributed by atoms with Crippen molar-refractivity contribution in [3.63, 3.8) is 0 Å². The Morgan fingerprint density at radius 3 is 2.60 bits per heavy atom. The maximum absolute atomic E-state index is 2.56. The fraction of sp³-hybridized carbons (Fsp3) is 0.867. The van der Waals surface area contributed by atoms with E-state index in [9.17, 15) is 0 Å². The highest BCUT2D eigenvalue weighted by Gasteiger charge is 2.70. The van der Waals surface area contributed by atoms with E-state index in [1.807, 2.05) is 0 Å². The molecule has 4 atom stereocenters. The molecule has 2 saturated carbocycles. The molecule has 15 heavy (non-hydrogen) atoms. The average molecular weight is 204 g/mol. The molecular formula is C15H24. The van der Waals surface area contributed by atoms with Crippen molar-refractivity contribution in [1.82, 2.24) is 0 Å². The number of rotatable bonds is 0. The Morgan fingerprint density at radius 1 is 1.20 bits per heavy atom. The van der Waals surface area contributed by atoms with Crippen LogP contribution in [-0.4, -0.2) is 0 Å². The van der Waals surface area contributed by atoms with Crippen LogP contribution >= 0.6 is 0 Å². The molecule has 84 valence electrons. The van der Waals surface area contributed by atoms with Crippen LogP contribution in [0, 0.1) is 28.1 Å². The minimum absolute atomic E-state index is 0.533. The molecule has 1 spiro atoms. The van der Waals surface area contributed by atoms with Crippen LogP contribution in [-0.2, 0) is 0 Å². The van der Waals surface area contributed by atoms with E-state index in [-0.39, 0.29) is 0 Å². The third-order valence-electron chi connectivity index (χ3n) is 6.18. The molecule has 0 heteroatoms. The van der Waals surface area contributed by atoms with Crippen LogP contribution in [0.4, 0.5) is 0 Å². The summed E-state index contributed by atoms with van der Waals surface area (Å²) in [4.78, 5) is 0. The Hall–Kier alpha value is -0.260. The van der Waals surface area contributed by atoms with E-state index in [0.717, 1.165) is 11.8 Å². The molecule has 0 aromatic rings. The second-order valence-electron chi connectivity index (χ2n) is 7.25. The molecule has 4 unspecified atom stereocenters. The van der Waals surface area contributed by atoms with Gasteiger partial charge in [0.15, 0.2) is 0 Å². The predicted molar refractivity (Wildman–Crippen MR) is 64.6 cm³/mol. The summed E-state index contributed by atoms with van der Waals surface area (Å²) in [6, 6.07) is 0. The summed E-state index contributed by atoms with van der Waals surface area (Å²) in [6.45, 7) is 9.99. The third-order valence-corrected chi connectivity index (χ3v) is 6.18. The molecule has 0 saturated heterocycles. The van der Waals surface area contributed by atoms with E-state index in [0.29, 0.717) is 16.2 Å². The van der Waals surface area contributed by atoms with E-state index < -0.39 is 0 Å². The van der Waals surface area contributed by atoms with Gasteiger partial charge >= 0.3 is 0 Å². The van der Waals surface area contributed by atoms with Gasteiger partial charge in [-0.2, -0.15) is 0 Å². The Morgan fingerprint density at radius 2 is 1.93 bits per heavy atom. The highest BCUT2D eigenvalue weighted by atomic mass is 14.7. The van der Waals surface area contributed by atoms with Crippen molar-refractivity contribution in [2.45, 2.75) is 53.4 Å². The molecule has 0 aliphatic heterocycles. The van der Waals surface area contributed by atoms with Crippen molar-refractivity contribution >= 4 is 0 Å². The average Bonchev–Trinajstić information content (AvgIpc) is 2.37. The first-order valence-electron chi connectivity index (χ1n) is 6.60. The van der Waals surface area contributed by atoms with Gasteiger partial charge in [-0.25, -0.2) is 0 Å². The minimum atomic E-state index is 0.533. The molecule has 3 rings (SSSR count). The summed E-state index contributed by atoms with van der Waals surface area (Å²) >= 11 is 0. The van der Waals surface area contributed by atoms with E-state index in [4.69, 9.17) is 0 Å². The maximum atomic E-state index is 2.56. The standard InChI is InChI=1S/C15H24/c1-11-6-5-8-14(4)9-7-12-13(2,3)10-15(11,12)14/h5,8,11-12H,6-7,9-10H2,1-4H3. The van der Waals surface area contributed by atoms with Gasteiger partial charge in [-0.05, 0) is 53.8 Å². The molecular weight excluding hydrogens is 180 g/mol. The van der Waals surface area contributed by atoms with Crippen molar-refractivity contribution < 1.29 is 0 Å². The second kappa shape index (κ2) is 2.52. The van der Waals surface area contributed by atoms with Gasteiger partial charge in [0.1, 0.15) is 0 Å². The lowest BCUT2D eigenvalue weighted by Gasteiger charge is -2.66. The molecule has 0 nitrogen and oxygen atoms in total. The first-order chi connectivity index (χ1) is 6.92. The number of allylic oxidation sites excluding steroid dienone is 2. The predicted octanol–water partition coefficient (Wildman–Crippen LogP) is 4.42. The first-order valence-corrected chi connectivity index (χ1v) is 6.60. The highest BCUT2D eigenvalue weighted by Crippen LogP contribution is 2.77. The number of hydrogen-bond acceptors (Lipinski definition) is 0. The largest absolute Gasteiger partial charge is 0.0877 e. The zero-order chi connectivity index (χ0) is 10.9. The molecule has 0 radical (unpaired) electrons. The summed E-state index contributed by atoms with van der Waals surface area (Å²) < 4.78 is 0. The lowest BCUT2D eigenvalue weighted by molar-refractivity contribution is -0.164. The Balaban J connectivity index is 2.07. The van der Waals surface area contributed by atoms with Crippen LogP contribution in [0.5, 0.6) is 0 Å². The first kappa shape index (κ1) is 9.93. The van der Waals surface area contributed by atoms with Gasteiger partial charge in [0.2, 0.25) is 0 Å². The fourth-order valence-electron chi connectivity index (χ4n) is 5.55. The van der Waals surface area contributed by atoms with Crippen molar-refractivity contribution in [2.75, 3.05) is 0 Å². The molecule has 3 aliphatic rings. The van der Waals surface area contributed by atoms with Crippen LogP contribution in [0.25, 0.3) is 0 Å². The Bertz CT molecular complexity index is 325. The Kier molecular flexibility index (Phi) is 1.67.